The molecule has 1 aromatic rings. The predicted molar refractivity (Wildman–Crippen MR) is 41.5 cm³/mol. The summed E-state index contributed by atoms with van der Waals surface area (Å²) in [5, 5.41) is 7.38. The fourth-order valence-electron chi connectivity index (χ4n) is 1.04. The molecule has 68 valence electrons. The summed E-state index contributed by atoms with van der Waals surface area (Å²) in [6, 6.07) is -0.124. The van der Waals surface area contributed by atoms with Crippen LogP contribution in [0.4, 0.5) is 0 Å². The topological polar surface area (TPSA) is 95.4 Å². The molecule has 0 saturated heterocycles. The van der Waals surface area contributed by atoms with Gasteiger partial charge in [-0.15, -0.1) is 5.10 Å². The van der Waals surface area contributed by atoms with Crippen LogP contribution >= 0.6 is 0 Å². The summed E-state index contributed by atoms with van der Waals surface area (Å²) in [5.74, 6) is -0.446. The molecule has 0 spiro atoms. The van der Waals surface area contributed by atoms with Crippen LogP contribution < -0.4 is 5.73 Å². The Morgan fingerprint density at radius 2 is 2.46 bits per heavy atom. The standard InChI is InChI=1S/C6H7N5O2/c1-11-2-3(9-10-11)4-5(12)8-6(7)13-4/h2,4H,1H3,(H2,7,8,12). The molecule has 1 aromatic heterocycles. The maximum absolute atomic E-state index is 11.1. The van der Waals surface area contributed by atoms with Crippen LogP contribution in [0.1, 0.15) is 11.8 Å². The van der Waals surface area contributed by atoms with Crippen molar-refractivity contribution in [2.75, 3.05) is 0 Å². The van der Waals surface area contributed by atoms with Crippen LogP contribution in [0, 0.1) is 0 Å². The number of aryl methyl sites for hydroxylation is 1. The van der Waals surface area contributed by atoms with E-state index in [-0.39, 0.29) is 6.02 Å². The summed E-state index contributed by atoms with van der Waals surface area (Å²) >= 11 is 0. The smallest absolute Gasteiger partial charge is 0.297 e. The molecule has 0 fully saturated rings. The number of hydrogen-bond acceptors (Lipinski definition) is 5. The van der Waals surface area contributed by atoms with Gasteiger partial charge < -0.3 is 10.5 Å². The van der Waals surface area contributed by atoms with E-state index >= 15 is 0 Å². The number of aliphatic imine (C=N–C) groups is 1. The van der Waals surface area contributed by atoms with Gasteiger partial charge in [-0.2, -0.15) is 4.99 Å². The van der Waals surface area contributed by atoms with Crippen molar-refractivity contribution in [2.45, 2.75) is 6.10 Å². The van der Waals surface area contributed by atoms with E-state index in [4.69, 9.17) is 10.5 Å². The molecule has 2 heterocycles. The molecular weight excluding hydrogens is 174 g/mol. The van der Waals surface area contributed by atoms with Crippen LogP contribution in [-0.4, -0.2) is 26.9 Å². The molecule has 1 aliphatic rings. The summed E-state index contributed by atoms with van der Waals surface area (Å²) in [6.07, 6.45) is 0.755. The second kappa shape index (κ2) is 2.54. The highest BCUT2D eigenvalue weighted by Gasteiger charge is 2.31. The normalized spacial score (nSPS) is 21.5. The average Bonchev–Trinajstić information content (AvgIpc) is 2.58. The number of rotatable bonds is 1. The highest BCUT2D eigenvalue weighted by atomic mass is 16.5. The number of aromatic nitrogens is 3. The Hall–Kier alpha value is -1.92. The summed E-state index contributed by atoms with van der Waals surface area (Å²) in [6.45, 7) is 0. The summed E-state index contributed by atoms with van der Waals surface area (Å²) < 4.78 is 6.41. The largest absolute Gasteiger partial charge is 0.445 e. The van der Waals surface area contributed by atoms with Crippen LogP contribution in [0.15, 0.2) is 11.2 Å². The van der Waals surface area contributed by atoms with E-state index in [1.54, 1.807) is 13.2 Å². The Kier molecular flexibility index (Phi) is 1.51. The van der Waals surface area contributed by atoms with Crippen LogP contribution in [0.5, 0.6) is 0 Å². The Morgan fingerprint density at radius 1 is 1.69 bits per heavy atom. The molecule has 0 saturated carbocycles. The van der Waals surface area contributed by atoms with Gasteiger partial charge in [-0.25, -0.2) is 0 Å². The minimum Gasteiger partial charge on any atom is -0.445 e. The zero-order valence-electron chi connectivity index (χ0n) is 6.84. The van der Waals surface area contributed by atoms with Crippen molar-refractivity contribution in [1.29, 1.82) is 0 Å². The third kappa shape index (κ3) is 1.24. The molecule has 0 aliphatic carbocycles. The van der Waals surface area contributed by atoms with Crippen molar-refractivity contribution < 1.29 is 9.53 Å². The van der Waals surface area contributed by atoms with Crippen molar-refractivity contribution in [3.63, 3.8) is 0 Å². The Morgan fingerprint density at radius 3 is 2.92 bits per heavy atom. The second-order valence-electron chi connectivity index (χ2n) is 2.60. The van der Waals surface area contributed by atoms with E-state index in [9.17, 15) is 4.79 Å². The fraction of sp³-hybridized carbons (Fsp3) is 0.333. The molecule has 0 bridgehead atoms. The van der Waals surface area contributed by atoms with Gasteiger partial charge in [0.1, 0.15) is 5.69 Å². The van der Waals surface area contributed by atoms with Crippen molar-refractivity contribution >= 4 is 11.9 Å². The van der Waals surface area contributed by atoms with Crippen molar-refractivity contribution in [1.82, 2.24) is 15.0 Å². The van der Waals surface area contributed by atoms with Crippen molar-refractivity contribution in [3.05, 3.63) is 11.9 Å². The third-order valence-electron chi connectivity index (χ3n) is 1.57. The van der Waals surface area contributed by atoms with Crippen LogP contribution in [-0.2, 0) is 16.6 Å². The number of nitrogens with two attached hydrogens (primary N) is 1. The van der Waals surface area contributed by atoms with Crippen LogP contribution in [0.2, 0.25) is 0 Å². The van der Waals surface area contributed by atoms with Gasteiger partial charge in [0.15, 0.2) is 0 Å². The van der Waals surface area contributed by atoms with E-state index in [1.807, 2.05) is 0 Å². The zero-order chi connectivity index (χ0) is 9.42. The van der Waals surface area contributed by atoms with E-state index in [0.29, 0.717) is 5.69 Å². The molecule has 0 radical (unpaired) electrons. The SMILES string of the molecule is Cn1cc(C2OC(N)=NC2=O)nn1. The Labute approximate surface area is 73.2 Å². The lowest BCUT2D eigenvalue weighted by Crippen LogP contribution is -2.14. The number of carbonyl (C=O) groups is 1. The molecule has 2 rings (SSSR count). The average molecular weight is 181 g/mol. The number of ether oxygens (including phenoxy) is 1. The second-order valence-corrected chi connectivity index (χ2v) is 2.60. The maximum Gasteiger partial charge on any atom is 0.297 e. The van der Waals surface area contributed by atoms with Crippen LogP contribution in [0.25, 0.3) is 0 Å². The molecular formula is C6H7N5O2. The van der Waals surface area contributed by atoms with Gasteiger partial charge >= 0.3 is 0 Å². The van der Waals surface area contributed by atoms with E-state index < -0.39 is 12.0 Å². The molecule has 2 N–H and O–H groups in total. The molecule has 7 heteroatoms. The number of carbonyl (C=O) groups excluding carboxylic acids is 1. The first-order chi connectivity index (χ1) is 6.16. The summed E-state index contributed by atoms with van der Waals surface area (Å²) in [5.41, 5.74) is 5.63. The van der Waals surface area contributed by atoms with Gasteiger partial charge in [0.25, 0.3) is 11.9 Å². The Bertz CT molecular complexity index is 382. The molecule has 1 atom stereocenters. The highest BCUT2D eigenvalue weighted by Crippen LogP contribution is 2.20. The van der Waals surface area contributed by atoms with Gasteiger partial charge in [-0.05, 0) is 0 Å². The zero-order valence-corrected chi connectivity index (χ0v) is 6.84. The number of amidine groups is 1. The fourth-order valence-corrected chi connectivity index (χ4v) is 1.04. The van der Waals surface area contributed by atoms with E-state index in [0.717, 1.165) is 0 Å². The lowest BCUT2D eigenvalue weighted by Gasteiger charge is -2.02. The highest BCUT2D eigenvalue weighted by molar-refractivity contribution is 5.98. The molecule has 7 nitrogen and oxygen atoms in total. The molecule has 1 aliphatic heterocycles. The quantitative estimate of drug-likeness (QED) is 0.582. The Balaban J connectivity index is 2.25. The maximum atomic E-state index is 11.1. The van der Waals surface area contributed by atoms with E-state index in [2.05, 4.69) is 15.3 Å². The minimum absolute atomic E-state index is 0.124. The van der Waals surface area contributed by atoms with Gasteiger partial charge in [0, 0.05) is 7.05 Å². The van der Waals surface area contributed by atoms with Gasteiger partial charge in [0.05, 0.1) is 6.20 Å². The van der Waals surface area contributed by atoms with Crippen molar-refractivity contribution in [2.24, 2.45) is 17.8 Å². The molecule has 13 heavy (non-hydrogen) atoms. The monoisotopic (exact) mass is 181 g/mol. The lowest BCUT2D eigenvalue weighted by atomic mass is 10.3. The van der Waals surface area contributed by atoms with Crippen LogP contribution in [0.3, 0.4) is 0 Å². The van der Waals surface area contributed by atoms with Gasteiger partial charge in [0.2, 0.25) is 6.10 Å². The first-order valence-electron chi connectivity index (χ1n) is 3.57. The molecule has 1 unspecified atom stereocenters. The number of hydrogen-bond donors (Lipinski definition) is 1. The number of nitrogens with zero attached hydrogens (tertiary/aromatic N) is 4. The van der Waals surface area contributed by atoms with Crippen molar-refractivity contribution in [3.8, 4) is 0 Å². The minimum atomic E-state index is -0.825. The number of amides is 1. The third-order valence-corrected chi connectivity index (χ3v) is 1.57. The molecule has 0 aromatic carbocycles. The summed E-state index contributed by atoms with van der Waals surface area (Å²) in [7, 11) is 1.69. The molecule has 1 amide bonds. The van der Waals surface area contributed by atoms with Gasteiger partial charge in [-0.1, -0.05) is 5.21 Å². The summed E-state index contributed by atoms with van der Waals surface area (Å²) in [4.78, 5) is 14.5. The first-order valence-corrected chi connectivity index (χ1v) is 3.57. The first kappa shape index (κ1) is 7.71. The predicted octanol–water partition coefficient (Wildman–Crippen LogP) is -1.27. The van der Waals surface area contributed by atoms with Gasteiger partial charge in [-0.3, -0.25) is 9.48 Å². The van der Waals surface area contributed by atoms with E-state index in [1.165, 1.54) is 4.68 Å². The lowest BCUT2D eigenvalue weighted by molar-refractivity contribution is -0.123.